The number of esters is 4. The number of benzene rings is 1. The molecule has 0 aromatic heterocycles. The molecule has 34 heavy (non-hydrogen) atoms. The molecule has 0 radical (unpaired) electrons. The van der Waals surface area contributed by atoms with Crippen molar-refractivity contribution in [3.63, 3.8) is 0 Å². The molecule has 1 N–H and O–H groups in total. The summed E-state index contributed by atoms with van der Waals surface area (Å²) >= 11 is 0. The molecule has 2 rings (SSSR count). The SMILES string of the molecule is CC(=O)N[C@@H]1[C@@H](OC(=O)/C=C/c2ccccc2)O[C@@H](COC(C)=O)[C@@H](OC(C)=O)[C@@H]1OC(C)=O. The number of ether oxygens (including phenoxy) is 5. The van der Waals surface area contributed by atoms with Gasteiger partial charge in [0.2, 0.25) is 12.2 Å². The Morgan fingerprint density at radius 2 is 1.50 bits per heavy atom. The Kier molecular flexibility index (Phi) is 9.75. The monoisotopic (exact) mass is 477 g/mol. The molecule has 1 fully saturated rings. The van der Waals surface area contributed by atoms with E-state index in [1.807, 2.05) is 6.07 Å². The van der Waals surface area contributed by atoms with Gasteiger partial charge in [0.1, 0.15) is 18.8 Å². The Morgan fingerprint density at radius 3 is 2.06 bits per heavy atom. The molecule has 184 valence electrons. The third-order valence-electron chi connectivity index (χ3n) is 4.51. The maximum absolute atomic E-state index is 12.5. The highest BCUT2D eigenvalue weighted by molar-refractivity contribution is 5.87. The highest BCUT2D eigenvalue weighted by Crippen LogP contribution is 2.28. The first-order chi connectivity index (χ1) is 16.1. The summed E-state index contributed by atoms with van der Waals surface area (Å²) in [6.07, 6.45) is -2.54. The lowest BCUT2D eigenvalue weighted by Gasteiger charge is -2.44. The van der Waals surface area contributed by atoms with Crippen LogP contribution in [0.4, 0.5) is 0 Å². The number of hydrogen-bond donors (Lipinski definition) is 1. The van der Waals surface area contributed by atoms with E-state index < -0.39 is 67.0 Å². The molecule has 1 aromatic carbocycles. The molecule has 1 heterocycles. The second-order valence-corrected chi connectivity index (χ2v) is 7.40. The first-order valence-electron chi connectivity index (χ1n) is 10.4. The second-order valence-electron chi connectivity index (χ2n) is 7.40. The van der Waals surface area contributed by atoms with Gasteiger partial charge in [-0.2, -0.15) is 0 Å². The van der Waals surface area contributed by atoms with Crippen LogP contribution in [-0.4, -0.2) is 67.0 Å². The maximum Gasteiger partial charge on any atom is 0.333 e. The van der Waals surface area contributed by atoms with Gasteiger partial charge >= 0.3 is 23.9 Å². The van der Waals surface area contributed by atoms with E-state index >= 15 is 0 Å². The van der Waals surface area contributed by atoms with E-state index in [0.717, 1.165) is 25.5 Å². The zero-order valence-corrected chi connectivity index (χ0v) is 19.2. The predicted octanol–water partition coefficient (Wildman–Crippen LogP) is 0.899. The molecule has 0 spiro atoms. The lowest BCUT2D eigenvalue weighted by Crippen LogP contribution is -2.66. The van der Waals surface area contributed by atoms with Gasteiger partial charge in [0.25, 0.3) is 0 Å². The van der Waals surface area contributed by atoms with E-state index in [1.54, 1.807) is 24.3 Å². The lowest BCUT2D eigenvalue weighted by molar-refractivity contribution is -0.270. The van der Waals surface area contributed by atoms with Crippen LogP contribution in [0.2, 0.25) is 0 Å². The van der Waals surface area contributed by atoms with Crippen LogP contribution in [0, 0.1) is 0 Å². The third kappa shape index (κ3) is 8.32. The Balaban J connectivity index is 2.35. The zero-order chi connectivity index (χ0) is 25.3. The van der Waals surface area contributed by atoms with Crippen LogP contribution in [0.1, 0.15) is 33.3 Å². The van der Waals surface area contributed by atoms with Crippen LogP contribution >= 0.6 is 0 Å². The fourth-order valence-electron chi connectivity index (χ4n) is 3.27. The van der Waals surface area contributed by atoms with E-state index in [4.69, 9.17) is 23.7 Å². The standard InChI is InChI=1S/C23H27NO10/c1-13(25)24-20-22(32-16(4)28)21(31-15(3)27)18(12-30-14(2)26)33-23(20)34-19(29)11-10-17-8-6-5-7-9-17/h5-11,18,20-23H,12H2,1-4H3,(H,24,25)/b11-10+/t18-,20-,21+,22+,23+/m0/s1. The van der Waals surface area contributed by atoms with Crippen LogP contribution in [0.15, 0.2) is 36.4 Å². The Hall–Kier alpha value is -3.73. The number of nitrogens with one attached hydrogen (secondary N) is 1. The molecule has 5 atom stereocenters. The van der Waals surface area contributed by atoms with Crippen LogP contribution in [0.25, 0.3) is 6.08 Å². The van der Waals surface area contributed by atoms with Crippen molar-refractivity contribution in [1.29, 1.82) is 0 Å². The van der Waals surface area contributed by atoms with Crippen LogP contribution in [-0.2, 0) is 47.7 Å². The van der Waals surface area contributed by atoms with E-state index in [9.17, 15) is 24.0 Å². The van der Waals surface area contributed by atoms with Crippen molar-refractivity contribution in [3.05, 3.63) is 42.0 Å². The summed E-state index contributed by atoms with van der Waals surface area (Å²) < 4.78 is 26.8. The molecular formula is C23H27NO10. The quantitative estimate of drug-likeness (QED) is 0.326. The molecule has 0 saturated carbocycles. The number of carbonyl (C=O) groups excluding carboxylic acids is 5. The number of rotatable bonds is 8. The maximum atomic E-state index is 12.5. The number of carbonyl (C=O) groups is 5. The average molecular weight is 477 g/mol. The summed E-state index contributed by atoms with van der Waals surface area (Å²) in [6, 6.07) is 7.73. The van der Waals surface area contributed by atoms with Crippen molar-refractivity contribution >= 4 is 35.9 Å². The summed E-state index contributed by atoms with van der Waals surface area (Å²) in [4.78, 5) is 59.3. The van der Waals surface area contributed by atoms with E-state index in [-0.39, 0.29) is 0 Å². The first kappa shape index (κ1) is 26.5. The molecule has 0 unspecified atom stereocenters. The molecule has 1 amide bonds. The van der Waals surface area contributed by atoms with Crippen molar-refractivity contribution in [2.24, 2.45) is 0 Å². The third-order valence-corrected chi connectivity index (χ3v) is 4.51. The lowest BCUT2D eigenvalue weighted by atomic mass is 9.96. The van der Waals surface area contributed by atoms with Crippen molar-refractivity contribution in [2.75, 3.05) is 6.61 Å². The Morgan fingerprint density at radius 1 is 0.882 bits per heavy atom. The smallest absolute Gasteiger partial charge is 0.333 e. The Bertz CT molecular complexity index is 929. The molecule has 1 aromatic rings. The molecule has 1 saturated heterocycles. The van der Waals surface area contributed by atoms with Gasteiger partial charge in [-0.1, -0.05) is 30.3 Å². The van der Waals surface area contributed by atoms with E-state index in [1.165, 1.54) is 19.9 Å². The molecular weight excluding hydrogens is 450 g/mol. The summed E-state index contributed by atoms with van der Waals surface area (Å²) in [7, 11) is 0. The number of hydrogen-bond acceptors (Lipinski definition) is 10. The normalized spacial score (nSPS) is 24.1. The molecule has 1 aliphatic heterocycles. The van der Waals surface area contributed by atoms with E-state index in [0.29, 0.717) is 0 Å². The zero-order valence-electron chi connectivity index (χ0n) is 19.2. The topological polar surface area (TPSA) is 144 Å². The van der Waals surface area contributed by atoms with Crippen molar-refractivity contribution in [2.45, 2.75) is 58.3 Å². The van der Waals surface area contributed by atoms with Crippen LogP contribution in [0.3, 0.4) is 0 Å². The fraction of sp³-hybridized carbons (Fsp3) is 0.435. The minimum atomic E-state index is -1.46. The van der Waals surface area contributed by atoms with Gasteiger partial charge in [-0.25, -0.2) is 4.79 Å². The van der Waals surface area contributed by atoms with Gasteiger partial charge in [-0.3, -0.25) is 19.2 Å². The Labute approximate surface area is 196 Å². The van der Waals surface area contributed by atoms with Gasteiger partial charge in [-0.15, -0.1) is 0 Å². The first-order valence-corrected chi connectivity index (χ1v) is 10.4. The van der Waals surface area contributed by atoms with Gasteiger partial charge in [0.15, 0.2) is 12.2 Å². The van der Waals surface area contributed by atoms with Crippen molar-refractivity contribution in [1.82, 2.24) is 5.32 Å². The van der Waals surface area contributed by atoms with Crippen molar-refractivity contribution in [3.8, 4) is 0 Å². The van der Waals surface area contributed by atoms with Crippen LogP contribution < -0.4 is 5.32 Å². The summed E-state index contributed by atoms with van der Waals surface area (Å²) in [5, 5.41) is 2.51. The van der Waals surface area contributed by atoms with Gasteiger partial charge in [-0.05, 0) is 11.6 Å². The summed E-state index contributed by atoms with van der Waals surface area (Å²) in [5.74, 6) is -3.49. The largest absolute Gasteiger partial charge is 0.463 e. The molecule has 11 nitrogen and oxygen atoms in total. The number of amides is 1. The molecule has 0 aliphatic carbocycles. The predicted molar refractivity (Wildman–Crippen MR) is 116 cm³/mol. The van der Waals surface area contributed by atoms with Crippen LogP contribution in [0.5, 0.6) is 0 Å². The fourth-order valence-corrected chi connectivity index (χ4v) is 3.27. The molecule has 0 bridgehead atoms. The molecule has 1 aliphatic rings. The van der Waals surface area contributed by atoms with Gasteiger partial charge < -0.3 is 29.0 Å². The average Bonchev–Trinajstić information content (AvgIpc) is 2.75. The highest BCUT2D eigenvalue weighted by atomic mass is 16.7. The minimum Gasteiger partial charge on any atom is -0.463 e. The van der Waals surface area contributed by atoms with Gasteiger partial charge in [0.05, 0.1) is 0 Å². The second kappa shape index (κ2) is 12.5. The minimum absolute atomic E-state index is 0.397. The van der Waals surface area contributed by atoms with E-state index in [2.05, 4.69) is 5.32 Å². The molecule has 11 heteroatoms. The van der Waals surface area contributed by atoms with Crippen molar-refractivity contribution < 1.29 is 47.7 Å². The van der Waals surface area contributed by atoms with Gasteiger partial charge in [0, 0.05) is 33.8 Å². The highest BCUT2D eigenvalue weighted by Gasteiger charge is 2.52. The summed E-state index contributed by atoms with van der Waals surface area (Å²) in [5.41, 5.74) is 0.739. The summed E-state index contributed by atoms with van der Waals surface area (Å²) in [6.45, 7) is 4.22.